The van der Waals surface area contributed by atoms with E-state index in [1.807, 2.05) is 6.07 Å². The Morgan fingerprint density at radius 3 is 2.90 bits per heavy atom. The summed E-state index contributed by atoms with van der Waals surface area (Å²) >= 11 is 0. The van der Waals surface area contributed by atoms with Crippen LogP contribution in [-0.2, 0) is 16.4 Å². The van der Waals surface area contributed by atoms with Crippen molar-refractivity contribution in [2.45, 2.75) is 37.1 Å². The normalized spacial score (nSPS) is 17.8. The number of hydrogen-bond acceptors (Lipinski definition) is 4. The highest BCUT2D eigenvalue weighted by Gasteiger charge is 2.27. The number of nitrogens with one attached hydrogen (secondary N) is 2. The molecule has 0 spiro atoms. The average Bonchev–Trinajstić information content (AvgIpc) is 3.20. The molecule has 2 aliphatic rings. The second-order valence-electron chi connectivity index (χ2n) is 5.75. The fraction of sp³-hybridized carbons (Fsp3) is 0.600. The molecule has 0 atom stereocenters. The molecular formula is C15H23N3O2S. The minimum absolute atomic E-state index is 0.374. The number of sulfonamides is 1. The summed E-state index contributed by atoms with van der Waals surface area (Å²) in [5.74, 6) is 0. The van der Waals surface area contributed by atoms with E-state index >= 15 is 0 Å². The molecule has 0 unspecified atom stereocenters. The monoisotopic (exact) mass is 309 g/mol. The van der Waals surface area contributed by atoms with Gasteiger partial charge in [0.2, 0.25) is 10.0 Å². The maximum absolute atomic E-state index is 12.3. The molecule has 21 heavy (non-hydrogen) atoms. The van der Waals surface area contributed by atoms with Crippen LogP contribution in [0.5, 0.6) is 0 Å². The first-order valence-corrected chi connectivity index (χ1v) is 9.19. The van der Waals surface area contributed by atoms with Crippen molar-refractivity contribution in [2.24, 2.45) is 0 Å². The van der Waals surface area contributed by atoms with Gasteiger partial charge in [-0.25, -0.2) is 13.1 Å². The van der Waals surface area contributed by atoms with Gasteiger partial charge in [0, 0.05) is 31.4 Å². The molecule has 6 heteroatoms. The second-order valence-corrected chi connectivity index (χ2v) is 7.52. The Bertz CT molecular complexity index is 611. The van der Waals surface area contributed by atoms with Gasteiger partial charge < -0.3 is 5.32 Å². The van der Waals surface area contributed by atoms with E-state index in [2.05, 4.69) is 21.9 Å². The van der Waals surface area contributed by atoms with Gasteiger partial charge in [-0.1, -0.05) is 6.92 Å². The molecule has 5 nitrogen and oxygen atoms in total. The van der Waals surface area contributed by atoms with Crippen molar-refractivity contribution < 1.29 is 8.42 Å². The summed E-state index contributed by atoms with van der Waals surface area (Å²) in [6.45, 7) is 5.26. The summed E-state index contributed by atoms with van der Waals surface area (Å²) in [4.78, 5) is 2.72. The van der Waals surface area contributed by atoms with Crippen LogP contribution in [0.1, 0.15) is 25.3 Å². The van der Waals surface area contributed by atoms with Crippen LogP contribution in [0.3, 0.4) is 0 Å². The quantitative estimate of drug-likeness (QED) is 0.799. The van der Waals surface area contributed by atoms with Crippen molar-refractivity contribution in [1.29, 1.82) is 0 Å². The van der Waals surface area contributed by atoms with Gasteiger partial charge in [-0.05, 0) is 49.6 Å². The van der Waals surface area contributed by atoms with Crippen molar-refractivity contribution in [1.82, 2.24) is 9.62 Å². The Hall–Kier alpha value is -1.11. The molecule has 1 aliphatic heterocycles. The first-order chi connectivity index (χ1) is 10.1. The highest BCUT2D eigenvalue weighted by molar-refractivity contribution is 7.89. The molecule has 3 rings (SSSR count). The zero-order valence-electron chi connectivity index (χ0n) is 12.4. The van der Waals surface area contributed by atoms with E-state index in [0.29, 0.717) is 17.5 Å². The highest BCUT2D eigenvalue weighted by Crippen LogP contribution is 2.26. The van der Waals surface area contributed by atoms with Gasteiger partial charge in [0.05, 0.1) is 4.90 Å². The van der Waals surface area contributed by atoms with E-state index < -0.39 is 10.0 Å². The minimum atomic E-state index is -3.40. The molecule has 1 aromatic rings. The average molecular weight is 309 g/mol. The molecule has 1 fully saturated rings. The summed E-state index contributed by atoms with van der Waals surface area (Å²) in [5.41, 5.74) is 2.14. The first kappa shape index (κ1) is 14.8. The smallest absolute Gasteiger partial charge is 0.240 e. The largest absolute Gasteiger partial charge is 0.384 e. The zero-order chi connectivity index (χ0) is 14.9. The van der Waals surface area contributed by atoms with Crippen LogP contribution >= 0.6 is 0 Å². The fourth-order valence-corrected chi connectivity index (χ4v) is 3.97. The maximum atomic E-state index is 12.3. The van der Waals surface area contributed by atoms with Crippen LogP contribution in [0.2, 0.25) is 0 Å². The molecule has 1 aromatic carbocycles. The third-order valence-electron chi connectivity index (χ3n) is 4.26. The molecule has 0 amide bonds. The standard InChI is InChI=1S/C15H23N3O2S/c1-2-18(13-3-4-13)10-9-17-21(19,20)14-5-6-15-12(11-14)7-8-16-15/h5-6,11,13,16-17H,2-4,7-10H2,1H3. The third kappa shape index (κ3) is 3.39. The van der Waals surface area contributed by atoms with Crippen LogP contribution in [0.4, 0.5) is 5.69 Å². The van der Waals surface area contributed by atoms with Gasteiger partial charge in [0.25, 0.3) is 0 Å². The lowest BCUT2D eigenvalue weighted by Gasteiger charge is -2.19. The fourth-order valence-electron chi connectivity index (χ4n) is 2.89. The number of fused-ring (bicyclic) bond motifs is 1. The molecule has 1 saturated carbocycles. The third-order valence-corrected chi connectivity index (χ3v) is 5.72. The van der Waals surface area contributed by atoms with Gasteiger partial charge in [0.1, 0.15) is 0 Å². The molecule has 116 valence electrons. The molecule has 0 saturated heterocycles. The topological polar surface area (TPSA) is 61.4 Å². The van der Waals surface area contributed by atoms with Gasteiger partial charge in [-0.2, -0.15) is 0 Å². The van der Waals surface area contributed by atoms with E-state index in [1.54, 1.807) is 12.1 Å². The van der Waals surface area contributed by atoms with Gasteiger partial charge in [-0.15, -0.1) is 0 Å². The summed E-state index contributed by atoms with van der Waals surface area (Å²) in [7, 11) is -3.40. The predicted octanol–water partition coefficient (Wildman–Crippen LogP) is 1.42. The lowest BCUT2D eigenvalue weighted by atomic mass is 10.2. The Morgan fingerprint density at radius 1 is 1.38 bits per heavy atom. The number of hydrogen-bond donors (Lipinski definition) is 2. The minimum Gasteiger partial charge on any atom is -0.384 e. The van der Waals surface area contributed by atoms with Crippen LogP contribution in [0, 0.1) is 0 Å². The van der Waals surface area contributed by atoms with E-state index in [9.17, 15) is 8.42 Å². The number of likely N-dealkylation sites (N-methyl/N-ethyl adjacent to an activating group) is 1. The number of nitrogens with zero attached hydrogens (tertiary/aromatic N) is 1. The zero-order valence-corrected chi connectivity index (χ0v) is 13.2. The van der Waals surface area contributed by atoms with E-state index in [1.165, 1.54) is 12.8 Å². The van der Waals surface area contributed by atoms with Crippen LogP contribution < -0.4 is 10.0 Å². The second kappa shape index (κ2) is 5.94. The Kier molecular flexibility index (Phi) is 4.19. The SMILES string of the molecule is CCN(CCNS(=O)(=O)c1ccc2c(c1)CCN2)C1CC1. The lowest BCUT2D eigenvalue weighted by molar-refractivity contribution is 0.282. The van der Waals surface area contributed by atoms with E-state index in [-0.39, 0.29) is 0 Å². The Balaban J connectivity index is 1.61. The van der Waals surface area contributed by atoms with Gasteiger partial charge in [-0.3, -0.25) is 4.90 Å². The molecule has 0 bridgehead atoms. The highest BCUT2D eigenvalue weighted by atomic mass is 32.2. The lowest BCUT2D eigenvalue weighted by Crippen LogP contribution is -2.36. The Labute approximate surface area is 126 Å². The van der Waals surface area contributed by atoms with Crippen LogP contribution in [0.15, 0.2) is 23.1 Å². The van der Waals surface area contributed by atoms with E-state index in [4.69, 9.17) is 0 Å². The summed E-state index contributed by atoms with van der Waals surface area (Å²) in [5, 5.41) is 3.24. The number of anilines is 1. The van der Waals surface area contributed by atoms with Crippen molar-refractivity contribution in [3.8, 4) is 0 Å². The van der Waals surface area contributed by atoms with Gasteiger partial charge in [0.15, 0.2) is 0 Å². The van der Waals surface area contributed by atoms with Gasteiger partial charge >= 0.3 is 0 Å². The molecular weight excluding hydrogens is 286 g/mol. The predicted molar refractivity (Wildman–Crippen MR) is 84.1 cm³/mol. The number of benzene rings is 1. The van der Waals surface area contributed by atoms with E-state index in [0.717, 1.165) is 37.3 Å². The van der Waals surface area contributed by atoms with Crippen molar-refractivity contribution in [3.63, 3.8) is 0 Å². The van der Waals surface area contributed by atoms with Crippen molar-refractivity contribution in [2.75, 3.05) is 31.5 Å². The molecule has 1 aliphatic carbocycles. The Morgan fingerprint density at radius 2 is 2.19 bits per heavy atom. The number of rotatable bonds is 7. The maximum Gasteiger partial charge on any atom is 0.240 e. The van der Waals surface area contributed by atoms with Crippen LogP contribution in [-0.4, -0.2) is 45.5 Å². The molecule has 2 N–H and O–H groups in total. The van der Waals surface area contributed by atoms with Crippen molar-refractivity contribution >= 4 is 15.7 Å². The first-order valence-electron chi connectivity index (χ1n) is 7.70. The molecule has 0 radical (unpaired) electrons. The summed E-state index contributed by atoms with van der Waals surface area (Å²) < 4.78 is 27.4. The summed E-state index contributed by atoms with van der Waals surface area (Å²) in [6.07, 6.45) is 3.39. The van der Waals surface area contributed by atoms with Crippen LogP contribution in [0.25, 0.3) is 0 Å². The molecule has 1 heterocycles. The van der Waals surface area contributed by atoms with Crippen molar-refractivity contribution in [3.05, 3.63) is 23.8 Å². The summed E-state index contributed by atoms with van der Waals surface area (Å²) in [6, 6.07) is 6.00. The molecule has 0 aromatic heterocycles.